The minimum atomic E-state index is 0.550. The molecule has 1 N–H and O–H groups in total. The van der Waals surface area contributed by atoms with Crippen LogP contribution >= 0.6 is 0 Å². The number of hydrogen-bond donors (Lipinski definition) is 1. The largest absolute Gasteiger partial charge is 0.494 e. The van der Waals surface area contributed by atoms with E-state index < -0.39 is 0 Å². The molecule has 1 atom stereocenters. The molecule has 3 nitrogen and oxygen atoms in total. The van der Waals surface area contributed by atoms with Crippen molar-refractivity contribution in [2.45, 2.75) is 45.1 Å². The van der Waals surface area contributed by atoms with Crippen LogP contribution in [0.25, 0.3) is 0 Å². The van der Waals surface area contributed by atoms with Gasteiger partial charge in [-0.15, -0.1) is 0 Å². The van der Waals surface area contributed by atoms with E-state index in [4.69, 9.17) is 4.74 Å². The summed E-state index contributed by atoms with van der Waals surface area (Å²) in [6, 6.07) is 7.20. The van der Waals surface area contributed by atoms with Crippen molar-refractivity contribution in [2.24, 2.45) is 0 Å². The van der Waals surface area contributed by atoms with Crippen LogP contribution in [-0.2, 0) is 6.42 Å². The van der Waals surface area contributed by atoms with Crippen LogP contribution in [0.5, 0.6) is 5.75 Å². The molecule has 0 radical (unpaired) electrons. The summed E-state index contributed by atoms with van der Waals surface area (Å²) in [4.78, 5) is 2.55. The molecule has 1 aliphatic carbocycles. The number of likely N-dealkylation sites (tertiary alicyclic amines) is 1. The van der Waals surface area contributed by atoms with Crippen LogP contribution in [0, 0.1) is 0 Å². The van der Waals surface area contributed by atoms with Gasteiger partial charge < -0.3 is 15.0 Å². The van der Waals surface area contributed by atoms with Crippen LogP contribution in [0.1, 0.15) is 49.8 Å². The Morgan fingerprint density at radius 2 is 2.14 bits per heavy atom. The highest BCUT2D eigenvalue weighted by Gasteiger charge is 2.21. The molecule has 3 rings (SSSR count). The van der Waals surface area contributed by atoms with Crippen molar-refractivity contribution in [3.63, 3.8) is 0 Å². The Morgan fingerprint density at radius 3 is 2.95 bits per heavy atom. The van der Waals surface area contributed by atoms with Crippen LogP contribution in [0.2, 0.25) is 0 Å². The third-order valence-corrected chi connectivity index (χ3v) is 4.73. The van der Waals surface area contributed by atoms with E-state index in [1.165, 1.54) is 56.4 Å². The average Bonchev–Trinajstić information content (AvgIpc) is 3.14. The van der Waals surface area contributed by atoms with Gasteiger partial charge in [0.25, 0.3) is 0 Å². The summed E-state index contributed by atoms with van der Waals surface area (Å²) in [7, 11) is 0. The van der Waals surface area contributed by atoms with Crippen LogP contribution in [0.4, 0.5) is 0 Å². The highest BCUT2D eigenvalue weighted by molar-refractivity contribution is 5.40. The molecular weight excluding hydrogens is 260 g/mol. The number of benzene rings is 1. The fraction of sp³-hybridized carbons (Fsp3) is 0.667. The Morgan fingerprint density at radius 1 is 1.29 bits per heavy atom. The Kier molecular flexibility index (Phi) is 5.15. The van der Waals surface area contributed by atoms with Crippen LogP contribution in [-0.4, -0.2) is 37.7 Å². The van der Waals surface area contributed by atoms with E-state index in [0.717, 1.165) is 25.3 Å². The summed E-state index contributed by atoms with van der Waals surface area (Å²) in [5.74, 6) is 1.05. The van der Waals surface area contributed by atoms with E-state index in [2.05, 4.69) is 35.3 Å². The maximum Gasteiger partial charge on any atom is 0.119 e. The van der Waals surface area contributed by atoms with Crippen molar-refractivity contribution in [1.82, 2.24) is 10.2 Å². The first kappa shape index (κ1) is 14.9. The molecule has 3 heteroatoms. The second-order valence-electron chi connectivity index (χ2n) is 6.26. The third kappa shape index (κ3) is 3.78. The maximum absolute atomic E-state index is 5.94. The van der Waals surface area contributed by atoms with Gasteiger partial charge in [-0.1, -0.05) is 13.0 Å². The average molecular weight is 288 g/mol. The lowest BCUT2D eigenvalue weighted by Gasteiger charge is -2.15. The van der Waals surface area contributed by atoms with Crippen LogP contribution in [0.15, 0.2) is 18.2 Å². The van der Waals surface area contributed by atoms with E-state index in [9.17, 15) is 0 Å². The van der Waals surface area contributed by atoms with Crippen LogP contribution < -0.4 is 10.1 Å². The predicted molar refractivity (Wildman–Crippen MR) is 87.0 cm³/mol. The number of aryl methyl sites for hydroxylation is 1. The van der Waals surface area contributed by atoms with Crippen LogP contribution in [0.3, 0.4) is 0 Å². The van der Waals surface area contributed by atoms with E-state index in [1.807, 2.05) is 0 Å². The normalized spacial score (nSPS) is 21.7. The van der Waals surface area contributed by atoms with Gasteiger partial charge in [-0.05, 0) is 75.0 Å². The summed E-state index contributed by atoms with van der Waals surface area (Å²) in [5.41, 5.74) is 2.94. The lowest BCUT2D eigenvalue weighted by atomic mass is 10.1. The number of ether oxygens (including phenoxy) is 1. The predicted octanol–water partition coefficient (Wildman–Crippen LogP) is 3.15. The van der Waals surface area contributed by atoms with Gasteiger partial charge in [0.05, 0.1) is 6.61 Å². The summed E-state index contributed by atoms with van der Waals surface area (Å²) in [6.07, 6.45) is 6.29. The van der Waals surface area contributed by atoms with Crippen molar-refractivity contribution < 1.29 is 4.74 Å². The molecule has 0 amide bonds. The first-order chi connectivity index (χ1) is 10.4. The lowest BCUT2D eigenvalue weighted by Crippen LogP contribution is -2.21. The minimum Gasteiger partial charge on any atom is -0.494 e. The molecule has 0 spiro atoms. The fourth-order valence-corrected chi connectivity index (χ4v) is 3.63. The molecule has 2 aliphatic rings. The van der Waals surface area contributed by atoms with Crippen molar-refractivity contribution in [3.8, 4) is 5.75 Å². The molecule has 1 fully saturated rings. The first-order valence-corrected chi connectivity index (χ1v) is 8.58. The molecule has 1 heterocycles. The highest BCUT2D eigenvalue weighted by atomic mass is 16.5. The number of hydrogen-bond acceptors (Lipinski definition) is 3. The van der Waals surface area contributed by atoms with Gasteiger partial charge in [0.15, 0.2) is 0 Å². The summed E-state index contributed by atoms with van der Waals surface area (Å²) in [6.45, 7) is 7.81. The second-order valence-corrected chi connectivity index (χ2v) is 6.26. The van der Waals surface area contributed by atoms with Crippen molar-refractivity contribution >= 4 is 0 Å². The monoisotopic (exact) mass is 288 g/mol. The summed E-state index contributed by atoms with van der Waals surface area (Å²) >= 11 is 0. The van der Waals surface area contributed by atoms with Gasteiger partial charge >= 0.3 is 0 Å². The topological polar surface area (TPSA) is 24.5 Å². The van der Waals surface area contributed by atoms with Gasteiger partial charge in [0, 0.05) is 12.6 Å². The lowest BCUT2D eigenvalue weighted by molar-refractivity contribution is 0.263. The Labute approximate surface area is 128 Å². The molecule has 1 aliphatic heterocycles. The van der Waals surface area contributed by atoms with E-state index in [-0.39, 0.29) is 0 Å². The van der Waals surface area contributed by atoms with E-state index in [1.54, 1.807) is 0 Å². The minimum absolute atomic E-state index is 0.550. The molecule has 1 aromatic carbocycles. The Bertz CT molecular complexity index is 455. The number of fused-ring (bicyclic) bond motifs is 1. The van der Waals surface area contributed by atoms with Crippen molar-refractivity contribution in [2.75, 3.05) is 32.8 Å². The molecule has 1 aromatic rings. The third-order valence-electron chi connectivity index (χ3n) is 4.73. The quantitative estimate of drug-likeness (QED) is 0.780. The van der Waals surface area contributed by atoms with Gasteiger partial charge in [-0.3, -0.25) is 0 Å². The number of nitrogens with one attached hydrogen (secondary N) is 1. The maximum atomic E-state index is 5.94. The first-order valence-electron chi connectivity index (χ1n) is 8.58. The molecular formula is C18H28N2O. The molecule has 21 heavy (non-hydrogen) atoms. The Hall–Kier alpha value is -1.06. The van der Waals surface area contributed by atoms with Gasteiger partial charge in [-0.25, -0.2) is 0 Å². The molecule has 0 bridgehead atoms. The Balaban J connectivity index is 1.46. The summed E-state index contributed by atoms with van der Waals surface area (Å²) < 4.78 is 5.94. The highest BCUT2D eigenvalue weighted by Crippen LogP contribution is 2.33. The smallest absolute Gasteiger partial charge is 0.119 e. The number of rotatable bonds is 7. The molecule has 116 valence electrons. The standard InChI is InChI=1S/C18H28N2O/c1-2-19-18-9-6-15-14-16(7-8-17(15)18)21-13-5-12-20-10-3-4-11-20/h7-8,14,18-19H,2-6,9-13H2,1H3. The molecule has 0 aromatic heterocycles. The zero-order valence-corrected chi connectivity index (χ0v) is 13.2. The van der Waals surface area contributed by atoms with Crippen molar-refractivity contribution in [1.29, 1.82) is 0 Å². The second kappa shape index (κ2) is 7.28. The van der Waals surface area contributed by atoms with Gasteiger partial charge in [-0.2, -0.15) is 0 Å². The van der Waals surface area contributed by atoms with Gasteiger partial charge in [0.2, 0.25) is 0 Å². The zero-order valence-electron chi connectivity index (χ0n) is 13.2. The molecule has 1 saturated heterocycles. The van der Waals surface area contributed by atoms with E-state index in [0.29, 0.717) is 6.04 Å². The molecule has 0 saturated carbocycles. The SMILES string of the molecule is CCNC1CCc2cc(OCCCN3CCCC3)ccc21. The molecule has 1 unspecified atom stereocenters. The summed E-state index contributed by atoms with van der Waals surface area (Å²) in [5, 5.41) is 3.56. The number of nitrogens with zero attached hydrogens (tertiary/aromatic N) is 1. The zero-order chi connectivity index (χ0) is 14.5. The fourth-order valence-electron chi connectivity index (χ4n) is 3.63. The van der Waals surface area contributed by atoms with Crippen molar-refractivity contribution in [3.05, 3.63) is 29.3 Å². The van der Waals surface area contributed by atoms with Gasteiger partial charge in [0.1, 0.15) is 5.75 Å². The van der Waals surface area contributed by atoms with E-state index >= 15 is 0 Å².